The van der Waals surface area contributed by atoms with Gasteiger partial charge in [-0.25, -0.2) is 0 Å². The van der Waals surface area contributed by atoms with Crippen LogP contribution in [0.5, 0.6) is 0 Å². The van der Waals surface area contributed by atoms with Gasteiger partial charge in [0.15, 0.2) is 0 Å². The second-order valence-corrected chi connectivity index (χ2v) is 3.21. The molecule has 1 amide bonds. The van der Waals surface area contributed by atoms with Crippen molar-refractivity contribution in [2.75, 3.05) is 13.1 Å². The van der Waals surface area contributed by atoms with Gasteiger partial charge in [-0.3, -0.25) is 4.79 Å². The van der Waals surface area contributed by atoms with Gasteiger partial charge in [0.25, 0.3) is 0 Å². The first-order valence-corrected chi connectivity index (χ1v) is 4.42. The lowest BCUT2D eigenvalue weighted by Crippen LogP contribution is -2.27. The van der Waals surface area contributed by atoms with E-state index in [-0.39, 0.29) is 5.91 Å². The lowest BCUT2D eigenvalue weighted by Gasteiger charge is -2.14. The van der Waals surface area contributed by atoms with E-state index in [0.717, 1.165) is 19.5 Å². The average Bonchev–Trinajstić information content (AvgIpc) is 2.52. The molecule has 1 atom stereocenters. The third kappa shape index (κ3) is 1.97. The number of nitriles is 1. The Bertz CT molecular complexity index is 207. The lowest BCUT2D eigenvalue weighted by molar-refractivity contribution is -0.129. The van der Waals surface area contributed by atoms with E-state index in [4.69, 9.17) is 5.26 Å². The summed E-state index contributed by atoms with van der Waals surface area (Å²) < 4.78 is 0. The minimum Gasteiger partial charge on any atom is -0.342 e. The molecule has 3 heteroatoms. The van der Waals surface area contributed by atoms with E-state index in [2.05, 4.69) is 6.07 Å². The number of amides is 1. The average molecular weight is 166 g/mol. The molecule has 0 bridgehead atoms. The van der Waals surface area contributed by atoms with Crippen molar-refractivity contribution in [1.82, 2.24) is 4.90 Å². The van der Waals surface area contributed by atoms with Crippen LogP contribution >= 0.6 is 0 Å². The molecule has 1 aliphatic heterocycles. The first-order valence-electron chi connectivity index (χ1n) is 4.42. The monoisotopic (exact) mass is 166 g/mol. The van der Waals surface area contributed by atoms with Crippen LogP contribution in [0.15, 0.2) is 0 Å². The van der Waals surface area contributed by atoms with Crippen LogP contribution in [0.3, 0.4) is 0 Å². The van der Waals surface area contributed by atoms with Gasteiger partial charge in [-0.05, 0) is 12.3 Å². The van der Waals surface area contributed by atoms with Gasteiger partial charge in [-0.1, -0.05) is 6.92 Å². The van der Waals surface area contributed by atoms with E-state index in [0.29, 0.717) is 18.8 Å². The summed E-state index contributed by atoms with van der Waals surface area (Å²) >= 11 is 0. The molecule has 0 aromatic rings. The topological polar surface area (TPSA) is 44.1 Å². The minimum atomic E-state index is 0.218. The number of carbonyl (C=O) groups is 1. The Morgan fingerprint density at radius 1 is 1.75 bits per heavy atom. The van der Waals surface area contributed by atoms with Crippen molar-refractivity contribution in [3.8, 4) is 6.07 Å². The Morgan fingerprint density at radius 2 is 2.50 bits per heavy atom. The summed E-state index contributed by atoms with van der Waals surface area (Å²) in [6, 6.07) is 2.15. The fraction of sp³-hybridized carbons (Fsp3) is 0.778. The summed E-state index contributed by atoms with van der Waals surface area (Å²) in [5.74, 6) is 0.640. The Hall–Kier alpha value is -1.04. The van der Waals surface area contributed by atoms with Crippen LogP contribution in [0.25, 0.3) is 0 Å². The van der Waals surface area contributed by atoms with Crippen LogP contribution in [0, 0.1) is 17.2 Å². The molecule has 1 aliphatic rings. The summed E-state index contributed by atoms with van der Waals surface area (Å²) in [5.41, 5.74) is 0. The highest BCUT2D eigenvalue weighted by atomic mass is 16.2. The van der Waals surface area contributed by atoms with Crippen LogP contribution < -0.4 is 0 Å². The quantitative estimate of drug-likeness (QED) is 0.617. The van der Waals surface area contributed by atoms with Gasteiger partial charge in [0, 0.05) is 25.9 Å². The number of rotatable bonds is 2. The molecule has 1 unspecified atom stereocenters. The zero-order chi connectivity index (χ0) is 8.97. The molecule has 12 heavy (non-hydrogen) atoms. The van der Waals surface area contributed by atoms with Crippen molar-refractivity contribution in [2.45, 2.75) is 26.2 Å². The van der Waals surface area contributed by atoms with Gasteiger partial charge in [0.2, 0.25) is 5.91 Å². The van der Waals surface area contributed by atoms with Crippen molar-refractivity contribution >= 4 is 5.91 Å². The van der Waals surface area contributed by atoms with E-state index in [1.807, 2.05) is 11.8 Å². The highest BCUT2D eigenvalue weighted by Gasteiger charge is 2.24. The molecule has 0 N–H and O–H groups in total. The Labute approximate surface area is 73.0 Å². The molecule has 1 heterocycles. The van der Waals surface area contributed by atoms with E-state index in [1.165, 1.54) is 0 Å². The first kappa shape index (κ1) is 9.05. The Morgan fingerprint density at radius 3 is 3.08 bits per heavy atom. The van der Waals surface area contributed by atoms with E-state index >= 15 is 0 Å². The van der Waals surface area contributed by atoms with Gasteiger partial charge < -0.3 is 4.90 Å². The normalized spacial score (nSPS) is 22.3. The van der Waals surface area contributed by atoms with Crippen molar-refractivity contribution in [1.29, 1.82) is 5.26 Å². The van der Waals surface area contributed by atoms with Gasteiger partial charge in [-0.15, -0.1) is 0 Å². The second-order valence-electron chi connectivity index (χ2n) is 3.21. The molecular formula is C9H14N2O. The van der Waals surface area contributed by atoms with Crippen molar-refractivity contribution < 1.29 is 4.79 Å². The second kappa shape index (κ2) is 4.10. The highest BCUT2D eigenvalue weighted by molar-refractivity contribution is 5.76. The molecule has 0 spiro atoms. The standard InChI is InChI=1S/C9H14N2O/c1-2-9(12)11-6-4-8(7-11)3-5-10/h8H,2-4,6-7H2,1H3. The molecule has 66 valence electrons. The predicted octanol–water partition coefficient (Wildman–Crippen LogP) is 1.16. The Kier molecular flexibility index (Phi) is 3.09. The molecule has 0 aromatic carbocycles. The summed E-state index contributed by atoms with van der Waals surface area (Å²) in [6.07, 6.45) is 2.17. The fourth-order valence-corrected chi connectivity index (χ4v) is 1.58. The predicted molar refractivity (Wildman–Crippen MR) is 45.2 cm³/mol. The van der Waals surface area contributed by atoms with Crippen LogP contribution in [-0.2, 0) is 4.79 Å². The third-order valence-electron chi connectivity index (χ3n) is 2.32. The molecule has 0 aliphatic carbocycles. The maximum atomic E-state index is 11.2. The number of nitrogens with zero attached hydrogens (tertiary/aromatic N) is 2. The summed E-state index contributed by atoms with van der Waals surface area (Å²) in [4.78, 5) is 13.1. The van der Waals surface area contributed by atoms with Crippen LogP contribution in [-0.4, -0.2) is 23.9 Å². The number of carbonyl (C=O) groups excluding carboxylic acids is 1. The van der Waals surface area contributed by atoms with E-state index < -0.39 is 0 Å². The molecule has 0 saturated carbocycles. The van der Waals surface area contributed by atoms with Gasteiger partial charge >= 0.3 is 0 Å². The van der Waals surface area contributed by atoms with Crippen molar-refractivity contribution in [3.05, 3.63) is 0 Å². The molecule has 0 aromatic heterocycles. The third-order valence-corrected chi connectivity index (χ3v) is 2.32. The van der Waals surface area contributed by atoms with Crippen LogP contribution in [0.4, 0.5) is 0 Å². The fourth-order valence-electron chi connectivity index (χ4n) is 1.58. The van der Waals surface area contributed by atoms with E-state index in [1.54, 1.807) is 0 Å². The molecule has 1 rings (SSSR count). The van der Waals surface area contributed by atoms with Crippen molar-refractivity contribution in [3.63, 3.8) is 0 Å². The van der Waals surface area contributed by atoms with Gasteiger partial charge in [-0.2, -0.15) is 5.26 Å². The van der Waals surface area contributed by atoms with Gasteiger partial charge in [0.1, 0.15) is 0 Å². The molecule has 0 radical (unpaired) electrons. The number of hydrogen-bond donors (Lipinski definition) is 0. The number of hydrogen-bond acceptors (Lipinski definition) is 2. The molecule has 1 saturated heterocycles. The maximum Gasteiger partial charge on any atom is 0.222 e. The molecular weight excluding hydrogens is 152 g/mol. The van der Waals surface area contributed by atoms with Gasteiger partial charge in [0.05, 0.1) is 6.07 Å². The lowest BCUT2D eigenvalue weighted by atomic mass is 10.1. The van der Waals surface area contributed by atoms with E-state index in [9.17, 15) is 4.79 Å². The zero-order valence-electron chi connectivity index (χ0n) is 7.42. The summed E-state index contributed by atoms with van der Waals surface area (Å²) in [6.45, 7) is 3.51. The highest BCUT2D eigenvalue weighted by Crippen LogP contribution is 2.19. The minimum absolute atomic E-state index is 0.218. The summed E-state index contributed by atoms with van der Waals surface area (Å²) in [7, 11) is 0. The SMILES string of the molecule is CCC(=O)N1CCC(CC#N)C1. The maximum absolute atomic E-state index is 11.2. The largest absolute Gasteiger partial charge is 0.342 e. The van der Waals surface area contributed by atoms with Crippen LogP contribution in [0.2, 0.25) is 0 Å². The molecule has 1 fully saturated rings. The Balaban J connectivity index is 2.36. The smallest absolute Gasteiger partial charge is 0.222 e. The zero-order valence-corrected chi connectivity index (χ0v) is 7.42. The first-order chi connectivity index (χ1) is 5.77. The molecule has 3 nitrogen and oxygen atoms in total. The summed E-state index contributed by atoms with van der Waals surface area (Å²) in [5, 5.41) is 8.46. The number of likely N-dealkylation sites (tertiary alicyclic amines) is 1. The van der Waals surface area contributed by atoms with Crippen LogP contribution in [0.1, 0.15) is 26.2 Å². The van der Waals surface area contributed by atoms with Crippen molar-refractivity contribution in [2.24, 2.45) is 5.92 Å².